The molecule has 0 radical (unpaired) electrons. The van der Waals surface area contributed by atoms with Crippen LogP contribution >= 0.6 is 28.6 Å². The summed E-state index contributed by atoms with van der Waals surface area (Å²) in [5.41, 5.74) is 0.669. The van der Waals surface area contributed by atoms with Crippen molar-refractivity contribution in [3.05, 3.63) is 28.2 Å². The van der Waals surface area contributed by atoms with Gasteiger partial charge in [-0.1, -0.05) is 15.9 Å². The predicted octanol–water partition coefficient (Wildman–Crippen LogP) is 2.90. The molecular formula is C14H19BrN2OS. The molecule has 2 rings (SSSR count). The van der Waals surface area contributed by atoms with E-state index >= 15 is 0 Å². The topological polar surface area (TPSA) is 23.6 Å². The predicted molar refractivity (Wildman–Crippen MR) is 84.0 cm³/mol. The molecule has 1 aliphatic rings. The number of carbonyl (C=O) groups excluding carboxylic acids is 1. The van der Waals surface area contributed by atoms with Gasteiger partial charge in [-0.05, 0) is 44.6 Å². The van der Waals surface area contributed by atoms with Gasteiger partial charge in [0.1, 0.15) is 0 Å². The second-order valence-electron chi connectivity index (χ2n) is 5.14. The molecule has 19 heavy (non-hydrogen) atoms. The first-order valence-electron chi connectivity index (χ1n) is 6.43. The molecule has 0 spiro atoms. The van der Waals surface area contributed by atoms with E-state index < -0.39 is 0 Å². The third kappa shape index (κ3) is 3.52. The number of benzene rings is 1. The summed E-state index contributed by atoms with van der Waals surface area (Å²) in [4.78, 5) is 17.4. The van der Waals surface area contributed by atoms with Gasteiger partial charge < -0.3 is 9.80 Å². The molecule has 1 heterocycles. The van der Waals surface area contributed by atoms with Crippen molar-refractivity contribution in [1.29, 1.82) is 0 Å². The number of thiol groups is 1. The Morgan fingerprint density at radius 3 is 2.89 bits per heavy atom. The standard InChI is InChI=1S/C14H19BrN2OS/c1-16-7-3-4-11(9-16)17(2)14(18)12-6-5-10(15)8-13(12)19/h5-6,8,11,19H,3-4,7,9H2,1-2H3. The van der Waals surface area contributed by atoms with Crippen LogP contribution in [-0.2, 0) is 0 Å². The number of likely N-dealkylation sites (tertiary alicyclic amines) is 1. The van der Waals surface area contributed by atoms with E-state index in [1.54, 1.807) is 0 Å². The highest BCUT2D eigenvalue weighted by atomic mass is 79.9. The zero-order valence-electron chi connectivity index (χ0n) is 11.3. The Balaban J connectivity index is 2.14. The number of nitrogens with zero attached hydrogens (tertiary/aromatic N) is 2. The number of rotatable bonds is 2. The van der Waals surface area contributed by atoms with Crippen LogP contribution in [-0.4, -0.2) is 48.9 Å². The second-order valence-corrected chi connectivity index (χ2v) is 6.53. The van der Waals surface area contributed by atoms with Crippen molar-refractivity contribution in [3.63, 3.8) is 0 Å². The van der Waals surface area contributed by atoms with Crippen LogP contribution < -0.4 is 0 Å². The maximum Gasteiger partial charge on any atom is 0.255 e. The van der Waals surface area contributed by atoms with Crippen molar-refractivity contribution >= 4 is 34.5 Å². The van der Waals surface area contributed by atoms with Gasteiger partial charge in [0.05, 0.1) is 5.56 Å². The van der Waals surface area contributed by atoms with Gasteiger partial charge in [-0.3, -0.25) is 4.79 Å². The molecule has 5 heteroatoms. The quantitative estimate of drug-likeness (QED) is 0.835. The fraction of sp³-hybridized carbons (Fsp3) is 0.500. The summed E-state index contributed by atoms with van der Waals surface area (Å²) >= 11 is 7.78. The van der Waals surface area contributed by atoms with Crippen LogP contribution in [0.3, 0.4) is 0 Å². The minimum atomic E-state index is 0.0535. The average Bonchev–Trinajstić information content (AvgIpc) is 2.37. The number of halogens is 1. The molecule has 0 aliphatic carbocycles. The van der Waals surface area contributed by atoms with Gasteiger partial charge in [-0.2, -0.15) is 0 Å². The highest BCUT2D eigenvalue weighted by molar-refractivity contribution is 9.10. The van der Waals surface area contributed by atoms with Crippen molar-refractivity contribution in [2.75, 3.05) is 27.2 Å². The highest BCUT2D eigenvalue weighted by Crippen LogP contribution is 2.23. The van der Waals surface area contributed by atoms with E-state index in [0.29, 0.717) is 11.6 Å². The van der Waals surface area contributed by atoms with Gasteiger partial charge in [0.25, 0.3) is 5.91 Å². The van der Waals surface area contributed by atoms with Crippen LogP contribution in [0.4, 0.5) is 0 Å². The molecule has 0 bridgehead atoms. The van der Waals surface area contributed by atoms with Crippen molar-refractivity contribution in [1.82, 2.24) is 9.80 Å². The van der Waals surface area contributed by atoms with Gasteiger partial charge in [0.2, 0.25) is 0 Å². The zero-order chi connectivity index (χ0) is 14.0. The lowest BCUT2D eigenvalue weighted by atomic mass is 10.0. The summed E-state index contributed by atoms with van der Waals surface area (Å²) in [7, 11) is 4.00. The molecule has 1 atom stereocenters. The largest absolute Gasteiger partial charge is 0.337 e. The lowest BCUT2D eigenvalue weighted by Crippen LogP contribution is -2.47. The second kappa shape index (κ2) is 6.29. The number of hydrogen-bond donors (Lipinski definition) is 1. The minimum Gasteiger partial charge on any atom is -0.337 e. The molecule has 1 unspecified atom stereocenters. The lowest BCUT2D eigenvalue weighted by molar-refractivity contribution is 0.0640. The monoisotopic (exact) mass is 342 g/mol. The molecule has 3 nitrogen and oxygen atoms in total. The van der Waals surface area contributed by atoms with Crippen LogP contribution in [0.1, 0.15) is 23.2 Å². The van der Waals surface area contributed by atoms with Crippen LogP contribution in [0.25, 0.3) is 0 Å². The summed E-state index contributed by atoms with van der Waals surface area (Å²) in [5, 5.41) is 0. The summed E-state index contributed by atoms with van der Waals surface area (Å²) in [6.45, 7) is 2.06. The molecule has 0 N–H and O–H groups in total. The third-order valence-corrected chi connectivity index (χ3v) is 4.52. The first-order chi connectivity index (χ1) is 8.99. The maximum absolute atomic E-state index is 12.5. The first kappa shape index (κ1) is 14.9. The van der Waals surface area contributed by atoms with E-state index in [1.165, 1.54) is 0 Å². The molecular weight excluding hydrogens is 324 g/mol. The number of amides is 1. The van der Waals surface area contributed by atoms with E-state index in [-0.39, 0.29) is 5.91 Å². The fourth-order valence-corrected chi connectivity index (χ4v) is 3.34. The Morgan fingerprint density at radius 1 is 1.53 bits per heavy atom. The Labute approximate surface area is 128 Å². The SMILES string of the molecule is CN1CCCC(N(C)C(=O)c2ccc(Br)cc2S)C1. The van der Waals surface area contributed by atoms with Gasteiger partial charge >= 0.3 is 0 Å². The third-order valence-electron chi connectivity index (χ3n) is 3.66. The number of piperidine rings is 1. The van der Waals surface area contributed by atoms with Crippen LogP contribution in [0.5, 0.6) is 0 Å². The number of carbonyl (C=O) groups is 1. The van der Waals surface area contributed by atoms with Crippen LogP contribution in [0.15, 0.2) is 27.6 Å². The first-order valence-corrected chi connectivity index (χ1v) is 7.67. The van der Waals surface area contributed by atoms with Crippen molar-refractivity contribution < 1.29 is 4.79 Å². The molecule has 1 aromatic carbocycles. The minimum absolute atomic E-state index is 0.0535. The molecule has 0 aromatic heterocycles. The Kier molecular flexibility index (Phi) is 4.92. The molecule has 1 aromatic rings. The highest BCUT2D eigenvalue weighted by Gasteiger charge is 2.25. The van der Waals surface area contributed by atoms with Crippen molar-refractivity contribution in [2.45, 2.75) is 23.8 Å². The maximum atomic E-state index is 12.5. The Morgan fingerprint density at radius 2 is 2.26 bits per heavy atom. The van der Waals surface area contributed by atoms with Gasteiger partial charge in [-0.25, -0.2) is 0 Å². The summed E-state index contributed by atoms with van der Waals surface area (Å²) in [6, 6.07) is 5.87. The van der Waals surface area contributed by atoms with Gasteiger partial charge in [0, 0.05) is 29.0 Å². The van der Waals surface area contributed by atoms with E-state index in [1.807, 2.05) is 30.1 Å². The van der Waals surface area contributed by atoms with E-state index in [9.17, 15) is 4.79 Å². The number of hydrogen-bond acceptors (Lipinski definition) is 3. The molecule has 104 valence electrons. The van der Waals surface area contributed by atoms with Crippen LogP contribution in [0, 0.1) is 0 Å². The normalized spacial score (nSPS) is 20.3. The fourth-order valence-electron chi connectivity index (χ4n) is 2.50. The van der Waals surface area contributed by atoms with Crippen molar-refractivity contribution in [2.24, 2.45) is 0 Å². The molecule has 1 amide bonds. The Hall–Kier alpha value is -0.520. The average molecular weight is 343 g/mol. The van der Waals surface area contributed by atoms with E-state index in [0.717, 1.165) is 35.3 Å². The van der Waals surface area contributed by atoms with Gasteiger partial charge in [-0.15, -0.1) is 12.6 Å². The smallest absolute Gasteiger partial charge is 0.255 e. The summed E-state index contributed by atoms with van der Waals surface area (Å²) in [6.07, 6.45) is 2.22. The van der Waals surface area contributed by atoms with E-state index in [2.05, 4.69) is 40.5 Å². The van der Waals surface area contributed by atoms with E-state index in [4.69, 9.17) is 0 Å². The number of likely N-dealkylation sites (N-methyl/N-ethyl adjacent to an activating group) is 2. The lowest BCUT2D eigenvalue weighted by Gasteiger charge is -2.36. The van der Waals surface area contributed by atoms with Crippen molar-refractivity contribution in [3.8, 4) is 0 Å². The summed E-state index contributed by atoms with van der Waals surface area (Å²) in [5.74, 6) is 0.0535. The Bertz CT molecular complexity index is 481. The molecule has 1 saturated heterocycles. The van der Waals surface area contributed by atoms with Crippen LogP contribution in [0.2, 0.25) is 0 Å². The molecule has 1 aliphatic heterocycles. The zero-order valence-corrected chi connectivity index (χ0v) is 13.7. The molecule has 0 saturated carbocycles. The molecule has 1 fully saturated rings. The summed E-state index contributed by atoms with van der Waals surface area (Å²) < 4.78 is 0.939. The van der Waals surface area contributed by atoms with Gasteiger partial charge in [0.15, 0.2) is 0 Å².